The summed E-state index contributed by atoms with van der Waals surface area (Å²) in [5.74, 6) is -2.11. The van der Waals surface area contributed by atoms with Crippen LogP contribution in [-0.4, -0.2) is 31.6 Å². The molecule has 0 aliphatic heterocycles. The van der Waals surface area contributed by atoms with Crippen LogP contribution in [0.5, 0.6) is 0 Å². The van der Waals surface area contributed by atoms with Crippen molar-refractivity contribution < 1.29 is 19.1 Å². The molecule has 0 fully saturated rings. The van der Waals surface area contributed by atoms with Gasteiger partial charge in [-0.25, -0.2) is 13.9 Å². The maximum atomic E-state index is 14.8. The predicted molar refractivity (Wildman–Crippen MR) is 112 cm³/mol. The van der Waals surface area contributed by atoms with Crippen LogP contribution in [-0.2, 0) is 17.8 Å². The smallest absolute Gasteiger partial charge is 0.307 e. The van der Waals surface area contributed by atoms with Gasteiger partial charge >= 0.3 is 5.97 Å². The van der Waals surface area contributed by atoms with Gasteiger partial charge in [-0.05, 0) is 29.8 Å². The van der Waals surface area contributed by atoms with Gasteiger partial charge in [0.1, 0.15) is 5.82 Å². The van der Waals surface area contributed by atoms with E-state index in [4.69, 9.17) is 10.8 Å². The monoisotopic (exact) mass is 419 g/mol. The molecule has 0 radical (unpaired) electrons. The fraction of sp³-hybridized carbons (Fsp3) is 0.0909. The number of nitrogens with one attached hydrogen (secondary N) is 1. The number of benzene rings is 2. The van der Waals surface area contributed by atoms with Gasteiger partial charge in [0.15, 0.2) is 11.5 Å². The molecule has 8 nitrogen and oxygen atoms in total. The molecule has 0 saturated heterocycles. The average molecular weight is 419 g/mol. The first-order chi connectivity index (χ1) is 15.0. The Morgan fingerprint density at radius 1 is 1.06 bits per heavy atom. The molecule has 31 heavy (non-hydrogen) atoms. The first kappa shape index (κ1) is 20.2. The van der Waals surface area contributed by atoms with Crippen molar-refractivity contribution in [1.82, 2.24) is 14.6 Å². The standard InChI is InChI=1S/C22H18FN5O3/c23-19-14(12-24)6-3-7-15(19)21-26-20(17-9-4-10-28(17)27-21)22(31)25-16-8-2-1-5-13(16)11-18(29)30/h1-10H,11-12,24H2,(H,25,31)(H,29,30). The molecule has 0 aliphatic carbocycles. The molecule has 4 aromatic rings. The van der Waals surface area contributed by atoms with Crippen LogP contribution in [0.2, 0.25) is 0 Å². The molecule has 4 N–H and O–H groups in total. The molecule has 0 atom stereocenters. The van der Waals surface area contributed by atoms with Crippen LogP contribution in [0.1, 0.15) is 21.6 Å². The summed E-state index contributed by atoms with van der Waals surface area (Å²) in [6.07, 6.45) is 1.38. The second-order valence-electron chi connectivity index (χ2n) is 6.79. The number of amides is 1. The fourth-order valence-electron chi connectivity index (χ4n) is 3.27. The van der Waals surface area contributed by atoms with Crippen molar-refractivity contribution in [2.24, 2.45) is 5.73 Å². The molecule has 2 aromatic carbocycles. The van der Waals surface area contributed by atoms with Crippen molar-refractivity contribution in [2.45, 2.75) is 13.0 Å². The van der Waals surface area contributed by atoms with Gasteiger partial charge in [0.05, 0.1) is 17.5 Å². The maximum Gasteiger partial charge on any atom is 0.307 e. The Labute approximate surface area is 176 Å². The maximum absolute atomic E-state index is 14.8. The van der Waals surface area contributed by atoms with Crippen LogP contribution >= 0.6 is 0 Å². The first-order valence-electron chi connectivity index (χ1n) is 9.42. The number of hydrogen-bond donors (Lipinski definition) is 3. The second kappa shape index (κ2) is 8.33. The van der Waals surface area contributed by atoms with E-state index < -0.39 is 17.7 Å². The number of nitrogens with two attached hydrogens (primary N) is 1. The van der Waals surface area contributed by atoms with Crippen molar-refractivity contribution in [3.63, 3.8) is 0 Å². The highest BCUT2D eigenvalue weighted by molar-refractivity contribution is 6.08. The zero-order valence-corrected chi connectivity index (χ0v) is 16.2. The molecular weight excluding hydrogens is 401 g/mol. The van der Waals surface area contributed by atoms with Gasteiger partial charge in [-0.1, -0.05) is 30.3 Å². The predicted octanol–water partition coefficient (Wildman–Crippen LogP) is 2.87. The first-order valence-corrected chi connectivity index (χ1v) is 9.42. The summed E-state index contributed by atoms with van der Waals surface area (Å²) in [6.45, 7) is 0.0130. The third kappa shape index (κ3) is 3.99. The van der Waals surface area contributed by atoms with Gasteiger partial charge in [-0.15, -0.1) is 5.10 Å². The highest BCUT2D eigenvalue weighted by Gasteiger charge is 2.20. The fourth-order valence-corrected chi connectivity index (χ4v) is 3.27. The van der Waals surface area contributed by atoms with Crippen molar-refractivity contribution in [3.05, 3.63) is 83.4 Å². The molecule has 0 bridgehead atoms. The van der Waals surface area contributed by atoms with Gasteiger partial charge in [-0.2, -0.15) is 0 Å². The van der Waals surface area contributed by atoms with E-state index in [2.05, 4.69) is 15.4 Å². The van der Waals surface area contributed by atoms with E-state index in [0.29, 0.717) is 22.3 Å². The lowest BCUT2D eigenvalue weighted by molar-refractivity contribution is -0.136. The zero-order chi connectivity index (χ0) is 22.0. The Hall–Kier alpha value is -4.11. The number of nitrogens with zero attached hydrogens (tertiary/aromatic N) is 3. The molecule has 2 heterocycles. The summed E-state index contributed by atoms with van der Waals surface area (Å²) in [5, 5.41) is 16.1. The van der Waals surface area contributed by atoms with Crippen molar-refractivity contribution in [1.29, 1.82) is 0 Å². The summed E-state index contributed by atoms with van der Waals surface area (Å²) < 4.78 is 16.3. The number of carboxylic acids is 1. The molecule has 156 valence electrons. The number of hydrogen-bond acceptors (Lipinski definition) is 5. The van der Waals surface area contributed by atoms with Crippen molar-refractivity contribution >= 4 is 23.1 Å². The largest absolute Gasteiger partial charge is 0.481 e. The van der Waals surface area contributed by atoms with Gasteiger partial charge in [0.25, 0.3) is 5.91 Å². The van der Waals surface area contributed by atoms with E-state index in [-0.39, 0.29) is 30.0 Å². The summed E-state index contributed by atoms with van der Waals surface area (Å²) >= 11 is 0. The molecular formula is C22H18FN5O3. The number of carbonyl (C=O) groups excluding carboxylic acids is 1. The quantitative estimate of drug-likeness (QED) is 0.442. The normalized spacial score (nSPS) is 10.9. The van der Waals surface area contributed by atoms with Gasteiger partial charge in [0, 0.05) is 24.0 Å². The topological polar surface area (TPSA) is 123 Å². The van der Waals surface area contributed by atoms with Crippen LogP contribution in [0.15, 0.2) is 60.8 Å². The molecule has 0 aliphatic rings. The Bertz CT molecular complexity index is 1300. The number of anilines is 1. The van der Waals surface area contributed by atoms with E-state index in [9.17, 15) is 14.0 Å². The molecule has 0 unspecified atom stereocenters. The lowest BCUT2D eigenvalue weighted by Gasteiger charge is -2.12. The number of carboxylic acid groups (broad SMARTS) is 1. The van der Waals surface area contributed by atoms with Crippen molar-refractivity contribution in [2.75, 3.05) is 5.32 Å². The van der Waals surface area contributed by atoms with Gasteiger partial charge in [0.2, 0.25) is 0 Å². The highest BCUT2D eigenvalue weighted by atomic mass is 19.1. The number of halogens is 1. The summed E-state index contributed by atoms with van der Waals surface area (Å²) in [4.78, 5) is 28.5. The SMILES string of the molecule is NCc1cccc(-c2nc(C(=O)Nc3ccccc3CC(=O)O)c3cccn3n2)c1F. The second-order valence-corrected chi connectivity index (χ2v) is 6.79. The summed E-state index contributed by atoms with van der Waals surface area (Å²) in [7, 11) is 0. The van der Waals surface area contributed by atoms with Gasteiger partial charge < -0.3 is 16.2 Å². The number of fused-ring (bicyclic) bond motifs is 1. The highest BCUT2D eigenvalue weighted by Crippen LogP contribution is 2.24. The summed E-state index contributed by atoms with van der Waals surface area (Å²) in [6, 6.07) is 14.7. The van der Waals surface area contributed by atoms with E-state index in [0.717, 1.165) is 0 Å². The Kier molecular flexibility index (Phi) is 5.42. The van der Waals surface area contributed by atoms with E-state index in [1.54, 1.807) is 54.7 Å². The zero-order valence-electron chi connectivity index (χ0n) is 16.2. The van der Waals surface area contributed by atoms with Crippen LogP contribution in [0, 0.1) is 5.82 Å². The number of carbonyl (C=O) groups is 2. The molecule has 0 saturated carbocycles. The van der Waals surface area contributed by atoms with E-state index in [1.807, 2.05) is 0 Å². The third-order valence-electron chi connectivity index (χ3n) is 4.75. The van der Waals surface area contributed by atoms with E-state index in [1.165, 1.54) is 10.6 Å². The minimum Gasteiger partial charge on any atom is -0.481 e. The Morgan fingerprint density at radius 3 is 2.61 bits per heavy atom. The molecule has 2 aromatic heterocycles. The summed E-state index contributed by atoms with van der Waals surface area (Å²) in [5.41, 5.74) is 7.28. The van der Waals surface area contributed by atoms with Crippen LogP contribution < -0.4 is 11.1 Å². The molecule has 0 spiro atoms. The minimum atomic E-state index is -1.02. The number of rotatable bonds is 6. The van der Waals surface area contributed by atoms with Crippen LogP contribution in [0.3, 0.4) is 0 Å². The lowest BCUT2D eigenvalue weighted by Crippen LogP contribution is -2.18. The Balaban J connectivity index is 1.78. The molecule has 4 rings (SSSR count). The molecule has 9 heteroatoms. The number of para-hydroxylation sites is 1. The van der Waals surface area contributed by atoms with Gasteiger partial charge in [-0.3, -0.25) is 9.59 Å². The molecule has 1 amide bonds. The number of aliphatic carboxylic acids is 1. The van der Waals surface area contributed by atoms with E-state index >= 15 is 0 Å². The lowest BCUT2D eigenvalue weighted by atomic mass is 10.1. The average Bonchev–Trinajstić information content (AvgIpc) is 3.23. The minimum absolute atomic E-state index is 0.0130. The van der Waals surface area contributed by atoms with Crippen LogP contribution in [0.25, 0.3) is 16.9 Å². The van der Waals surface area contributed by atoms with Crippen LogP contribution in [0.4, 0.5) is 10.1 Å². The Morgan fingerprint density at radius 2 is 1.84 bits per heavy atom. The van der Waals surface area contributed by atoms with Crippen molar-refractivity contribution in [3.8, 4) is 11.4 Å². The number of aromatic nitrogens is 3. The third-order valence-corrected chi connectivity index (χ3v) is 4.75.